The zero-order valence-electron chi connectivity index (χ0n) is 12.8. The highest BCUT2D eigenvalue weighted by atomic mass is 32.2. The van der Waals surface area contributed by atoms with Gasteiger partial charge in [-0.15, -0.1) is 11.3 Å². The lowest BCUT2D eigenvalue weighted by atomic mass is 9.98. The number of hydrogen-bond donors (Lipinski definition) is 2. The number of aliphatic carboxylic acids is 1. The van der Waals surface area contributed by atoms with Gasteiger partial charge in [0, 0.05) is 23.5 Å². The fourth-order valence-corrected chi connectivity index (χ4v) is 3.51. The Labute approximate surface area is 133 Å². The number of carbonyl (C=O) groups excluding carboxylic acids is 1. The van der Waals surface area contributed by atoms with E-state index in [2.05, 4.69) is 36.5 Å². The summed E-state index contributed by atoms with van der Waals surface area (Å²) in [6.45, 7) is 7.72. The van der Waals surface area contributed by atoms with Crippen molar-refractivity contribution in [3.05, 3.63) is 16.1 Å². The molecule has 1 heterocycles. The minimum absolute atomic E-state index is 0.0629. The molecule has 1 amide bonds. The van der Waals surface area contributed by atoms with Crippen molar-refractivity contribution in [1.29, 1.82) is 0 Å². The molecular weight excluding hydrogens is 308 g/mol. The third-order valence-corrected chi connectivity index (χ3v) is 5.01. The molecule has 21 heavy (non-hydrogen) atoms. The van der Waals surface area contributed by atoms with Crippen molar-refractivity contribution in [2.75, 3.05) is 5.75 Å². The quantitative estimate of drug-likeness (QED) is 0.751. The molecule has 118 valence electrons. The molecule has 0 aliphatic rings. The molecule has 7 heteroatoms. The Hall–Kier alpha value is -1.08. The van der Waals surface area contributed by atoms with Gasteiger partial charge in [0.1, 0.15) is 6.04 Å². The maximum absolute atomic E-state index is 11.0. The molecule has 0 aromatic carbocycles. The third-order valence-electron chi connectivity index (χ3n) is 2.67. The molecule has 1 rings (SSSR count). The average Bonchev–Trinajstić information content (AvgIpc) is 2.80. The predicted molar refractivity (Wildman–Crippen MR) is 86.8 cm³/mol. The highest BCUT2D eigenvalue weighted by Gasteiger charge is 2.19. The first-order valence-electron chi connectivity index (χ1n) is 6.72. The molecule has 0 saturated carbocycles. The molecule has 0 aliphatic heterocycles. The third kappa shape index (κ3) is 6.48. The van der Waals surface area contributed by atoms with Gasteiger partial charge in [-0.25, -0.2) is 9.78 Å². The molecule has 0 bridgehead atoms. The van der Waals surface area contributed by atoms with Crippen molar-refractivity contribution < 1.29 is 14.7 Å². The number of thioether (sulfide) groups is 1. The summed E-state index contributed by atoms with van der Waals surface area (Å²) in [4.78, 5) is 26.5. The molecule has 0 fully saturated rings. The van der Waals surface area contributed by atoms with Crippen molar-refractivity contribution in [1.82, 2.24) is 10.3 Å². The lowest BCUT2D eigenvalue weighted by Crippen LogP contribution is -2.39. The van der Waals surface area contributed by atoms with Gasteiger partial charge in [0.05, 0.1) is 10.7 Å². The van der Waals surface area contributed by atoms with Gasteiger partial charge in [-0.1, -0.05) is 20.8 Å². The second-order valence-corrected chi connectivity index (χ2v) is 7.79. The normalized spacial score (nSPS) is 13.0. The number of carbonyl (C=O) groups is 2. The SMILES string of the molecule is CC(=O)NC(CCSCc1csc(C(C)(C)C)n1)C(=O)O. The Morgan fingerprint density at radius 1 is 1.48 bits per heavy atom. The highest BCUT2D eigenvalue weighted by Crippen LogP contribution is 2.27. The monoisotopic (exact) mass is 330 g/mol. The lowest BCUT2D eigenvalue weighted by Gasteiger charge is -2.13. The van der Waals surface area contributed by atoms with Gasteiger partial charge >= 0.3 is 5.97 Å². The Bertz CT molecular complexity index is 495. The van der Waals surface area contributed by atoms with Crippen LogP contribution in [0.15, 0.2) is 5.38 Å². The first-order valence-corrected chi connectivity index (χ1v) is 8.76. The van der Waals surface area contributed by atoms with Crippen molar-refractivity contribution in [2.45, 2.75) is 51.3 Å². The summed E-state index contributed by atoms with van der Waals surface area (Å²) in [5.74, 6) is 0.120. The van der Waals surface area contributed by atoms with E-state index in [9.17, 15) is 9.59 Å². The van der Waals surface area contributed by atoms with Crippen LogP contribution in [0.2, 0.25) is 0 Å². The van der Waals surface area contributed by atoms with E-state index in [1.165, 1.54) is 6.92 Å². The predicted octanol–water partition coefficient (Wildman–Crippen LogP) is 2.65. The fraction of sp³-hybridized carbons (Fsp3) is 0.643. The van der Waals surface area contributed by atoms with Gasteiger partial charge in [0.25, 0.3) is 0 Å². The number of aromatic nitrogens is 1. The van der Waals surface area contributed by atoms with E-state index in [0.29, 0.717) is 12.2 Å². The average molecular weight is 330 g/mol. The van der Waals surface area contributed by atoms with Crippen LogP contribution in [0.3, 0.4) is 0 Å². The van der Waals surface area contributed by atoms with Crippen molar-refractivity contribution >= 4 is 35.0 Å². The second-order valence-electron chi connectivity index (χ2n) is 5.83. The van der Waals surface area contributed by atoms with Crippen LogP contribution < -0.4 is 5.32 Å². The number of hydrogen-bond acceptors (Lipinski definition) is 5. The minimum Gasteiger partial charge on any atom is -0.480 e. The number of nitrogens with one attached hydrogen (secondary N) is 1. The first kappa shape index (κ1) is 18.0. The van der Waals surface area contributed by atoms with Gasteiger partial charge in [-0.2, -0.15) is 11.8 Å². The number of carboxylic acids is 1. The van der Waals surface area contributed by atoms with E-state index in [1.807, 2.05) is 0 Å². The van der Waals surface area contributed by atoms with Crippen molar-refractivity contribution in [3.8, 4) is 0 Å². The Morgan fingerprint density at radius 2 is 2.14 bits per heavy atom. The van der Waals surface area contributed by atoms with Crippen LogP contribution in [0, 0.1) is 0 Å². The number of amides is 1. The van der Waals surface area contributed by atoms with Gasteiger partial charge in [-0.05, 0) is 12.2 Å². The topological polar surface area (TPSA) is 79.3 Å². The summed E-state index contributed by atoms with van der Waals surface area (Å²) in [6.07, 6.45) is 0.413. The van der Waals surface area contributed by atoms with Gasteiger partial charge in [0.15, 0.2) is 0 Å². The number of thiazole rings is 1. The van der Waals surface area contributed by atoms with E-state index in [4.69, 9.17) is 5.11 Å². The van der Waals surface area contributed by atoms with Crippen LogP contribution in [0.1, 0.15) is 44.8 Å². The molecule has 0 radical (unpaired) electrons. The number of nitrogens with zero attached hydrogens (tertiary/aromatic N) is 1. The molecule has 5 nitrogen and oxygen atoms in total. The molecule has 1 aromatic rings. The fourth-order valence-electron chi connectivity index (χ4n) is 1.60. The molecule has 1 aromatic heterocycles. The van der Waals surface area contributed by atoms with E-state index in [-0.39, 0.29) is 11.3 Å². The summed E-state index contributed by atoms with van der Waals surface area (Å²) >= 11 is 3.29. The van der Waals surface area contributed by atoms with Crippen molar-refractivity contribution in [3.63, 3.8) is 0 Å². The zero-order chi connectivity index (χ0) is 16.0. The van der Waals surface area contributed by atoms with E-state index >= 15 is 0 Å². The van der Waals surface area contributed by atoms with Gasteiger partial charge in [-0.3, -0.25) is 4.79 Å². The zero-order valence-corrected chi connectivity index (χ0v) is 14.4. The second kappa shape index (κ2) is 7.79. The molecule has 1 atom stereocenters. The van der Waals surface area contributed by atoms with Crippen LogP contribution in [0.4, 0.5) is 0 Å². The standard InChI is InChI=1S/C14H22N2O3S2/c1-9(17)15-11(12(18)19)5-6-20-7-10-8-21-13(16-10)14(2,3)4/h8,11H,5-7H2,1-4H3,(H,15,17)(H,18,19). The smallest absolute Gasteiger partial charge is 0.326 e. The Morgan fingerprint density at radius 3 is 2.62 bits per heavy atom. The van der Waals surface area contributed by atoms with E-state index < -0.39 is 12.0 Å². The summed E-state index contributed by atoms with van der Waals surface area (Å²) in [5, 5.41) is 14.6. The summed E-state index contributed by atoms with van der Waals surface area (Å²) in [5.41, 5.74) is 1.09. The largest absolute Gasteiger partial charge is 0.480 e. The van der Waals surface area contributed by atoms with Crippen LogP contribution in [0.5, 0.6) is 0 Å². The summed E-state index contributed by atoms with van der Waals surface area (Å²) in [7, 11) is 0. The maximum Gasteiger partial charge on any atom is 0.326 e. The van der Waals surface area contributed by atoms with Crippen LogP contribution in [-0.4, -0.2) is 33.8 Å². The van der Waals surface area contributed by atoms with E-state index in [1.54, 1.807) is 23.1 Å². The first-order chi connectivity index (χ1) is 9.70. The van der Waals surface area contributed by atoms with Crippen LogP contribution in [-0.2, 0) is 20.8 Å². The maximum atomic E-state index is 11.0. The van der Waals surface area contributed by atoms with Crippen LogP contribution >= 0.6 is 23.1 Å². The van der Waals surface area contributed by atoms with Gasteiger partial charge in [0.2, 0.25) is 5.91 Å². The Kier molecular flexibility index (Phi) is 6.67. The minimum atomic E-state index is -0.991. The van der Waals surface area contributed by atoms with E-state index in [0.717, 1.165) is 16.5 Å². The molecule has 0 aliphatic carbocycles. The molecule has 2 N–H and O–H groups in total. The molecule has 1 unspecified atom stereocenters. The highest BCUT2D eigenvalue weighted by molar-refractivity contribution is 7.98. The molecular formula is C14H22N2O3S2. The number of carboxylic acid groups (broad SMARTS) is 1. The van der Waals surface area contributed by atoms with Crippen molar-refractivity contribution in [2.24, 2.45) is 0 Å². The summed E-state index contributed by atoms with van der Waals surface area (Å²) in [6, 6.07) is -0.810. The Balaban J connectivity index is 2.38. The number of rotatable bonds is 7. The summed E-state index contributed by atoms with van der Waals surface area (Å²) < 4.78 is 0. The molecule has 0 saturated heterocycles. The van der Waals surface area contributed by atoms with Gasteiger partial charge < -0.3 is 10.4 Å². The molecule has 0 spiro atoms. The van der Waals surface area contributed by atoms with Crippen LogP contribution in [0.25, 0.3) is 0 Å². The lowest BCUT2D eigenvalue weighted by molar-refractivity contribution is -0.141.